The van der Waals surface area contributed by atoms with E-state index in [4.69, 9.17) is 5.11 Å². The number of aryl methyl sites for hydroxylation is 1. The lowest BCUT2D eigenvalue weighted by Crippen LogP contribution is -2.38. The Morgan fingerprint density at radius 3 is 2.82 bits per heavy atom. The molecule has 1 unspecified atom stereocenters. The Morgan fingerprint density at radius 1 is 1.41 bits per heavy atom. The molecule has 2 aromatic rings. The number of aromatic nitrogens is 2. The molecule has 1 aliphatic heterocycles. The number of piperidine rings is 1. The van der Waals surface area contributed by atoms with Crippen LogP contribution in [0.3, 0.4) is 0 Å². The van der Waals surface area contributed by atoms with E-state index in [0.717, 1.165) is 29.7 Å². The normalized spacial score (nSPS) is 18.6. The number of hydrogen-bond donors (Lipinski definition) is 2. The number of hydrogen-bond acceptors (Lipinski definition) is 4. The average Bonchev–Trinajstić information content (AvgIpc) is 2.88. The number of aliphatic carboxylic acids is 1. The summed E-state index contributed by atoms with van der Waals surface area (Å²) >= 11 is 0. The molecule has 2 heterocycles. The molecule has 1 fully saturated rings. The molecule has 118 valence electrons. The standard InChI is InChI=1S/C16H21N3O3/c1-18-10-17-13-8-12(2-3-14(13)18)15(20)9-19-6-4-11(5-7-19)16(21)22/h2-3,8,10-11,15,20H,4-7,9H2,1H3,(H,21,22). The number of imidazole rings is 1. The quantitative estimate of drug-likeness (QED) is 0.892. The highest BCUT2D eigenvalue weighted by Gasteiger charge is 2.25. The molecule has 6 heteroatoms. The van der Waals surface area contributed by atoms with Crippen molar-refractivity contribution in [3.05, 3.63) is 30.1 Å². The van der Waals surface area contributed by atoms with Crippen LogP contribution < -0.4 is 0 Å². The van der Waals surface area contributed by atoms with Crippen molar-refractivity contribution in [2.45, 2.75) is 18.9 Å². The molecule has 1 aliphatic rings. The van der Waals surface area contributed by atoms with Gasteiger partial charge in [-0.2, -0.15) is 0 Å². The fraction of sp³-hybridized carbons (Fsp3) is 0.500. The maximum atomic E-state index is 11.0. The second kappa shape index (κ2) is 6.06. The highest BCUT2D eigenvalue weighted by molar-refractivity contribution is 5.76. The van der Waals surface area contributed by atoms with E-state index in [1.54, 1.807) is 6.33 Å². The van der Waals surface area contributed by atoms with E-state index in [-0.39, 0.29) is 5.92 Å². The predicted octanol–water partition coefficient (Wildman–Crippen LogP) is 1.40. The minimum absolute atomic E-state index is 0.238. The molecule has 0 aliphatic carbocycles. The second-order valence-corrected chi connectivity index (χ2v) is 6.03. The minimum Gasteiger partial charge on any atom is -0.481 e. The van der Waals surface area contributed by atoms with Gasteiger partial charge >= 0.3 is 5.97 Å². The SMILES string of the molecule is Cn1cnc2cc(C(O)CN3CCC(C(=O)O)CC3)ccc21. The van der Waals surface area contributed by atoms with E-state index < -0.39 is 12.1 Å². The number of nitrogens with zero attached hydrogens (tertiary/aromatic N) is 3. The molecule has 1 aromatic carbocycles. The van der Waals surface area contributed by atoms with Crippen LogP contribution in [0.4, 0.5) is 0 Å². The van der Waals surface area contributed by atoms with Crippen molar-refractivity contribution in [2.75, 3.05) is 19.6 Å². The molecule has 22 heavy (non-hydrogen) atoms. The predicted molar refractivity (Wildman–Crippen MR) is 82.5 cm³/mol. The molecule has 0 spiro atoms. The van der Waals surface area contributed by atoms with Crippen LogP contribution in [0.2, 0.25) is 0 Å². The summed E-state index contributed by atoms with van der Waals surface area (Å²) in [6.45, 7) is 1.98. The summed E-state index contributed by atoms with van der Waals surface area (Å²) in [5.74, 6) is -0.945. The van der Waals surface area contributed by atoms with E-state index in [1.165, 1.54) is 0 Å². The summed E-state index contributed by atoms with van der Waals surface area (Å²) < 4.78 is 1.95. The highest BCUT2D eigenvalue weighted by Crippen LogP contribution is 2.23. The van der Waals surface area contributed by atoms with Crippen molar-refractivity contribution in [3.63, 3.8) is 0 Å². The number of β-amino-alcohol motifs (C(OH)–C–C–N with tert-alkyl or cyclic N) is 1. The molecule has 0 saturated carbocycles. The third-order valence-corrected chi connectivity index (χ3v) is 4.50. The number of aliphatic hydroxyl groups excluding tert-OH is 1. The first-order valence-corrected chi connectivity index (χ1v) is 7.59. The van der Waals surface area contributed by atoms with Gasteiger partial charge in [0.25, 0.3) is 0 Å². The van der Waals surface area contributed by atoms with E-state index in [2.05, 4.69) is 9.88 Å². The van der Waals surface area contributed by atoms with Gasteiger partial charge in [0.15, 0.2) is 0 Å². The Bertz CT molecular complexity index is 674. The summed E-state index contributed by atoms with van der Waals surface area (Å²) in [4.78, 5) is 17.4. The van der Waals surface area contributed by atoms with Crippen molar-refractivity contribution in [1.29, 1.82) is 0 Å². The van der Waals surface area contributed by atoms with E-state index in [9.17, 15) is 9.90 Å². The van der Waals surface area contributed by atoms with Crippen LogP contribution in [0.25, 0.3) is 11.0 Å². The van der Waals surface area contributed by atoms with Crippen LogP contribution >= 0.6 is 0 Å². The molecule has 1 aromatic heterocycles. The van der Waals surface area contributed by atoms with E-state index >= 15 is 0 Å². The van der Waals surface area contributed by atoms with Crippen molar-refractivity contribution >= 4 is 17.0 Å². The van der Waals surface area contributed by atoms with Gasteiger partial charge in [0.05, 0.1) is 29.4 Å². The van der Waals surface area contributed by atoms with Gasteiger partial charge in [-0.05, 0) is 43.6 Å². The maximum absolute atomic E-state index is 11.0. The van der Waals surface area contributed by atoms with Crippen LogP contribution in [-0.4, -0.2) is 50.3 Å². The number of carboxylic acid groups (broad SMARTS) is 1. The average molecular weight is 303 g/mol. The molecule has 0 amide bonds. The third-order valence-electron chi connectivity index (χ3n) is 4.50. The molecule has 0 radical (unpaired) electrons. The molecular weight excluding hydrogens is 282 g/mol. The van der Waals surface area contributed by atoms with E-state index in [0.29, 0.717) is 19.4 Å². The van der Waals surface area contributed by atoms with Gasteiger partial charge in [-0.3, -0.25) is 4.79 Å². The molecule has 0 bridgehead atoms. The Kier molecular flexibility index (Phi) is 4.13. The summed E-state index contributed by atoms with van der Waals surface area (Å²) in [5, 5.41) is 19.4. The van der Waals surface area contributed by atoms with E-state index in [1.807, 2.05) is 29.8 Å². The summed E-state index contributed by atoms with van der Waals surface area (Å²) in [7, 11) is 1.94. The largest absolute Gasteiger partial charge is 0.481 e. The molecular formula is C16H21N3O3. The number of benzene rings is 1. The van der Waals surface area contributed by atoms with Gasteiger partial charge in [-0.1, -0.05) is 6.07 Å². The Morgan fingerprint density at radius 2 is 2.14 bits per heavy atom. The third kappa shape index (κ3) is 2.98. The zero-order valence-corrected chi connectivity index (χ0v) is 12.6. The van der Waals surface area contributed by atoms with Crippen molar-refractivity contribution in [2.24, 2.45) is 13.0 Å². The maximum Gasteiger partial charge on any atom is 0.306 e. The number of fused-ring (bicyclic) bond motifs is 1. The Labute approximate surface area is 129 Å². The second-order valence-electron chi connectivity index (χ2n) is 6.03. The lowest BCUT2D eigenvalue weighted by Gasteiger charge is -2.31. The lowest BCUT2D eigenvalue weighted by molar-refractivity contribution is -0.143. The number of rotatable bonds is 4. The first kappa shape index (κ1) is 15.0. The van der Waals surface area contributed by atoms with Crippen LogP contribution in [-0.2, 0) is 11.8 Å². The summed E-state index contributed by atoms with van der Waals surface area (Å²) in [6.07, 6.45) is 2.49. The molecule has 1 saturated heterocycles. The molecule has 1 atom stereocenters. The molecule has 3 rings (SSSR count). The van der Waals surface area contributed by atoms with Gasteiger partial charge in [-0.25, -0.2) is 4.98 Å². The Hall–Kier alpha value is -1.92. The summed E-state index contributed by atoms with van der Waals surface area (Å²) in [6, 6.07) is 5.82. The van der Waals surface area contributed by atoms with Gasteiger partial charge < -0.3 is 19.7 Å². The Balaban J connectivity index is 1.63. The van der Waals surface area contributed by atoms with Crippen molar-refractivity contribution in [1.82, 2.24) is 14.5 Å². The fourth-order valence-electron chi connectivity index (χ4n) is 3.07. The monoisotopic (exact) mass is 303 g/mol. The highest BCUT2D eigenvalue weighted by atomic mass is 16.4. The van der Waals surface area contributed by atoms with Crippen LogP contribution in [0.15, 0.2) is 24.5 Å². The zero-order valence-electron chi connectivity index (χ0n) is 12.6. The summed E-state index contributed by atoms with van der Waals surface area (Å²) in [5.41, 5.74) is 2.77. The zero-order chi connectivity index (χ0) is 15.7. The number of likely N-dealkylation sites (tertiary alicyclic amines) is 1. The van der Waals surface area contributed by atoms with Crippen LogP contribution in [0.5, 0.6) is 0 Å². The first-order chi connectivity index (χ1) is 10.5. The van der Waals surface area contributed by atoms with Gasteiger partial charge in [-0.15, -0.1) is 0 Å². The lowest BCUT2D eigenvalue weighted by atomic mass is 9.96. The van der Waals surface area contributed by atoms with Crippen molar-refractivity contribution < 1.29 is 15.0 Å². The number of carboxylic acids is 1. The van der Waals surface area contributed by atoms with Crippen LogP contribution in [0.1, 0.15) is 24.5 Å². The van der Waals surface area contributed by atoms with Crippen molar-refractivity contribution in [3.8, 4) is 0 Å². The first-order valence-electron chi connectivity index (χ1n) is 7.59. The fourth-order valence-corrected chi connectivity index (χ4v) is 3.07. The molecule has 6 nitrogen and oxygen atoms in total. The van der Waals surface area contributed by atoms with Crippen LogP contribution in [0, 0.1) is 5.92 Å². The number of aliphatic hydroxyl groups is 1. The topological polar surface area (TPSA) is 78.6 Å². The minimum atomic E-state index is -0.708. The number of carbonyl (C=O) groups is 1. The van der Waals surface area contributed by atoms with Gasteiger partial charge in [0.2, 0.25) is 0 Å². The van der Waals surface area contributed by atoms with Gasteiger partial charge in [0.1, 0.15) is 0 Å². The molecule has 2 N–H and O–H groups in total. The van der Waals surface area contributed by atoms with Gasteiger partial charge in [0, 0.05) is 13.6 Å². The smallest absolute Gasteiger partial charge is 0.306 e.